The molecule has 0 aromatic heterocycles. The van der Waals surface area contributed by atoms with Crippen LogP contribution in [0.25, 0.3) is 0 Å². The fourth-order valence-corrected chi connectivity index (χ4v) is 6.25. The number of benzene rings is 1. The van der Waals surface area contributed by atoms with Crippen molar-refractivity contribution in [3.63, 3.8) is 0 Å². The first kappa shape index (κ1) is 24.3. The molecule has 0 aliphatic carbocycles. The minimum atomic E-state index is -3.93. The van der Waals surface area contributed by atoms with Gasteiger partial charge in [-0.25, -0.2) is 13.1 Å². The lowest BCUT2D eigenvalue weighted by atomic mass is 10.0. The molecule has 0 radical (unpaired) electrons. The number of likely N-dealkylation sites (tertiary alicyclic amines) is 1. The second kappa shape index (κ2) is 9.80. The van der Waals surface area contributed by atoms with Crippen molar-refractivity contribution in [2.45, 2.75) is 56.1 Å². The molecule has 3 amide bonds. The zero-order chi connectivity index (χ0) is 24.5. The molecule has 2 fully saturated rings. The van der Waals surface area contributed by atoms with E-state index in [1.165, 1.54) is 17.0 Å². The van der Waals surface area contributed by atoms with E-state index in [-0.39, 0.29) is 54.3 Å². The second-order valence-electron chi connectivity index (χ2n) is 8.66. The number of hydrogen-bond acceptors (Lipinski definition) is 8. The van der Waals surface area contributed by atoms with Crippen LogP contribution in [0.3, 0.4) is 0 Å². The molecule has 0 saturated carbocycles. The van der Waals surface area contributed by atoms with E-state index >= 15 is 0 Å². The van der Waals surface area contributed by atoms with Gasteiger partial charge in [-0.3, -0.25) is 29.4 Å². The van der Waals surface area contributed by atoms with E-state index in [1.54, 1.807) is 13.0 Å². The van der Waals surface area contributed by atoms with Crippen LogP contribution in [0.5, 0.6) is 0 Å². The Morgan fingerprint density at radius 2 is 1.91 bits per heavy atom. The SMILES string of the molecule is CCOC(=O)CN1CCC(NS(=O)(=O)c2cccc3c2CN(C2CCC(=O)NC2=O)C3=O)CC1. The number of esters is 1. The summed E-state index contributed by atoms with van der Waals surface area (Å²) in [5, 5.41) is 2.24. The number of carbonyl (C=O) groups excluding carboxylic acids is 4. The van der Waals surface area contributed by atoms with Gasteiger partial charge in [-0.1, -0.05) is 6.07 Å². The third kappa shape index (κ3) is 4.98. The molecule has 0 bridgehead atoms. The highest BCUT2D eigenvalue weighted by Gasteiger charge is 2.41. The average Bonchev–Trinajstić information content (AvgIpc) is 3.11. The van der Waals surface area contributed by atoms with Crippen molar-refractivity contribution in [3.8, 4) is 0 Å². The molecule has 12 heteroatoms. The number of carbonyl (C=O) groups is 4. The third-order valence-corrected chi connectivity index (χ3v) is 8.00. The second-order valence-corrected chi connectivity index (χ2v) is 10.3. The van der Waals surface area contributed by atoms with Crippen LogP contribution in [-0.2, 0) is 35.7 Å². The minimum Gasteiger partial charge on any atom is -0.465 e. The monoisotopic (exact) mass is 492 g/mol. The Morgan fingerprint density at radius 1 is 1.18 bits per heavy atom. The topological polar surface area (TPSA) is 142 Å². The van der Waals surface area contributed by atoms with Gasteiger partial charge in [-0.2, -0.15) is 0 Å². The Balaban J connectivity index is 1.44. The van der Waals surface area contributed by atoms with Crippen LogP contribution in [0.4, 0.5) is 0 Å². The number of amides is 3. The Kier molecular flexibility index (Phi) is 7.01. The fourth-order valence-electron chi connectivity index (χ4n) is 4.69. The lowest BCUT2D eigenvalue weighted by molar-refractivity contribution is -0.144. The Hall–Kier alpha value is -2.83. The molecular weight excluding hydrogens is 464 g/mol. The van der Waals surface area contributed by atoms with Gasteiger partial charge >= 0.3 is 5.97 Å². The maximum absolute atomic E-state index is 13.2. The molecule has 1 aromatic carbocycles. The molecule has 4 rings (SSSR count). The summed E-state index contributed by atoms with van der Waals surface area (Å²) in [6.45, 7) is 3.34. The van der Waals surface area contributed by atoms with E-state index in [1.807, 2.05) is 4.90 Å². The number of hydrogen-bond donors (Lipinski definition) is 2. The molecule has 11 nitrogen and oxygen atoms in total. The van der Waals surface area contributed by atoms with Crippen LogP contribution in [-0.4, -0.2) is 80.2 Å². The first-order valence-electron chi connectivity index (χ1n) is 11.4. The summed E-state index contributed by atoms with van der Waals surface area (Å²) in [5.41, 5.74) is 0.598. The predicted octanol–water partition coefficient (Wildman–Crippen LogP) is -0.247. The van der Waals surface area contributed by atoms with Crippen LogP contribution in [0.1, 0.15) is 48.5 Å². The number of imide groups is 1. The largest absolute Gasteiger partial charge is 0.465 e. The normalized spacial score (nSPS) is 22.0. The van der Waals surface area contributed by atoms with E-state index in [2.05, 4.69) is 10.0 Å². The van der Waals surface area contributed by atoms with E-state index in [9.17, 15) is 27.6 Å². The quantitative estimate of drug-likeness (QED) is 0.392. The highest BCUT2D eigenvalue weighted by atomic mass is 32.2. The average molecular weight is 493 g/mol. The number of fused-ring (bicyclic) bond motifs is 1. The minimum absolute atomic E-state index is 0.0158. The predicted molar refractivity (Wildman–Crippen MR) is 119 cm³/mol. The van der Waals surface area contributed by atoms with Gasteiger partial charge in [-0.05, 0) is 38.3 Å². The number of rotatable bonds is 7. The Morgan fingerprint density at radius 3 is 2.59 bits per heavy atom. The number of piperidine rings is 2. The van der Waals surface area contributed by atoms with Crippen LogP contribution in [0, 0.1) is 0 Å². The molecule has 3 aliphatic heterocycles. The summed E-state index contributed by atoms with van der Waals surface area (Å²) < 4.78 is 34.2. The number of ether oxygens (including phenoxy) is 1. The molecule has 34 heavy (non-hydrogen) atoms. The zero-order valence-corrected chi connectivity index (χ0v) is 19.7. The molecule has 1 atom stereocenters. The smallest absolute Gasteiger partial charge is 0.320 e. The first-order valence-corrected chi connectivity index (χ1v) is 12.8. The summed E-state index contributed by atoms with van der Waals surface area (Å²) in [7, 11) is -3.93. The van der Waals surface area contributed by atoms with Crippen molar-refractivity contribution in [2.75, 3.05) is 26.2 Å². The van der Waals surface area contributed by atoms with Gasteiger partial charge in [0.2, 0.25) is 21.8 Å². The van der Waals surface area contributed by atoms with Crippen LogP contribution >= 0.6 is 0 Å². The van der Waals surface area contributed by atoms with Crippen molar-refractivity contribution in [3.05, 3.63) is 29.3 Å². The highest BCUT2D eigenvalue weighted by Crippen LogP contribution is 2.32. The van der Waals surface area contributed by atoms with Gasteiger partial charge < -0.3 is 9.64 Å². The van der Waals surface area contributed by atoms with Gasteiger partial charge in [0.05, 0.1) is 18.0 Å². The van der Waals surface area contributed by atoms with Crippen molar-refractivity contribution in [2.24, 2.45) is 0 Å². The Bertz CT molecular complexity index is 1110. The van der Waals surface area contributed by atoms with E-state index in [0.717, 1.165) is 0 Å². The van der Waals surface area contributed by atoms with Crippen LogP contribution in [0.15, 0.2) is 23.1 Å². The van der Waals surface area contributed by atoms with Gasteiger partial charge in [-0.15, -0.1) is 0 Å². The molecule has 1 unspecified atom stereocenters. The Labute approximate surface area is 197 Å². The standard InChI is InChI=1S/C22H28N4O7S/c1-2-33-20(28)13-25-10-8-14(9-11-25)24-34(31,32)18-5-3-4-15-16(18)12-26(22(15)30)17-6-7-19(27)23-21(17)29/h3-5,14,17,24H,2,6-13H2,1H3,(H,23,27,29). The van der Waals surface area contributed by atoms with Crippen LogP contribution < -0.4 is 10.0 Å². The molecule has 1 aromatic rings. The maximum atomic E-state index is 13.2. The van der Waals surface area contributed by atoms with Gasteiger partial charge in [0.1, 0.15) is 6.04 Å². The fraction of sp³-hybridized carbons (Fsp3) is 0.545. The summed E-state index contributed by atoms with van der Waals surface area (Å²) in [6, 6.07) is 3.41. The lowest BCUT2D eigenvalue weighted by Crippen LogP contribution is -2.52. The van der Waals surface area contributed by atoms with Crippen molar-refractivity contribution in [1.82, 2.24) is 19.8 Å². The molecule has 184 valence electrons. The summed E-state index contributed by atoms with van der Waals surface area (Å²) >= 11 is 0. The third-order valence-electron chi connectivity index (χ3n) is 6.40. The van der Waals surface area contributed by atoms with E-state index in [4.69, 9.17) is 4.74 Å². The number of sulfonamides is 1. The first-order chi connectivity index (χ1) is 16.2. The molecule has 2 saturated heterocycles. The number of nitrogens with one attached hydrogen (secondary N) is 2. The highest BCUT2D eigenvalue weighted by molar-refractivity contribution is 7.89. The summed E-state index contributed by atoms with van der Waals surface area (Å²) in [5.74, 6) is -1.65. The van der Waals surface area contributed by atoms with Crippen LogP contribution in [0.2, 0.25) is 0 Å². The maximum Gasteiger partial charge on any atom is 0.320 e. The summed E-state index contributed by atoms with van der Waals surface area (Å²) in [6.07, 6.45) is 1.40. The molecule has 2 N–H and O–H groups in total. The number of nitrogens with zero attached hydrogens (tertiary/aromatic N) is 2. The van der Waals surface area contributed by atoms with E-state index < -0.39 is 27.9 Å². The van der Waals surface area contributed by atoms with Gasteiger partial charge in [0.15, 0.2) is 0 Å². The van der Waals surface area contributed by atoms with Crippen molar-refractivity contribution >= 4 is 33.7 Å². The van der Waals surface area contributed by atoms with E-state index in [0.29, 0.717) is 38.1 Å². The molecule has 3 aliphatic rings. The molecule has 0 spiro atoms. The summed E-state index contributed by atoms with van der Waals surface area (Å²) in [4.78, 5) is 51.6. The van der Waals surface area contributed by atoms with Gasteiger partial charge in [0, 0.05) is 43.2 Å². The molecule has 3 heterocycles. The van der Waals surface area contributed by atoms with Gasteiger partial charge in [0.25, 0.3) is 5.91 Å². The van der Waals surface area contributed by atoms with Crippen molar-refractivity contribution < 1.29 is 32.3 Å². The zero-order valence-electron chi connectivity index (χ0n) is 18.9. The van der Waals surface area contributed by atoms with Crippen molar-refractivity contribution in [1.29, 1.82) is 0 Å². The molecular formula is C22H28N4O7S. The lowest BCUT2D eigenvalue weighted by Gasteiger charge is -2.31.